The second-order valence-electron chi connectivity index (χ2n) is 15.4. The van der Waals surface area contributed by atoms with Gasteiger partial charge >= 0.3 is 0 Å². The van der Waals surface area contributed by atoms with Crippen molar-refractivity contribution in [3.63, 3.8) is 0 Å². The summed E-state index contributed by atoms with van der Waals surface area (Å²) in [5, 5.41) is 0. The molecule has 5 aromatic carbocycles. The van der Waals surface area contributed by atoms with Crippen molar-refractivity contribution in [2.24, 2.45) is 0 Å². The zero-order valence-electron chi connectivity index (χ0n) is 28.6. The maximum absolute atomic E-state index is 6.02. The highest BCUT2D eigenvalue weighted by Crippen LogP contribution is 2.49. The van der Waals surface area contributed by atoms with E-state index in [0.29, 0.717) is 0 Å². The average Bonchev–Trinajstić information content (AvgIpc) is 3.71. The van der Waals surface area contributed by atoms with E-state index in [2.05, 4.69) is 137 Å². The molecule has 0 atom stereocenters. The molecule has 4 aliphatic rings. The van der Waals surface area contributed by atoms with Gasteiger partial charge in [0.15, 0.2) is 23.0 Å². The molecule has 0 aliphatic carbocycles. The van der Waals surface area contributed by atoms with Gasteiger partial charge in [-0.2, -0.15) is 0 Å². The molecule has 0 saturated heterocycles. The molecule has 0 unspecified atom stereocenters. The Hall–Kier alpha value is -5.04. The highest BCUT2D eigenvalue weighted by atomic mass is 16.7. The number of ether oxygens (including phenoxy) is 4. The molecule has 0 N–H and O–H groups in total. The summed E-state index contributed by atoms with van der Waals surface area (Å²) in [6.07, 6.45) is 0. The number of benzene rings is 5. The summed E-state index contributed by atoms with van der Waals surface area (Å²) in [5.74, 6) is 3.06. The van der Waals surface area contributed by atoms with Crippen LogP contribution in [-0.2, 0) is 10.8 Å². The Morgan fingerprint density at radius 1 is 0.500 bits per heavy atom. The largest absolute Gasteiger partial charge is 0.454 e. The lowest BCUT2D eigenvalue weighted by Gasteiger charge is -2.44. The number of rotatable bonds is 2. The maximum Gasteiger partial charge on any atom is 0.252 e. The summed E-state index contributed by atoms with van der Waals surface area (Å²) in [6, 6.07) is 31.4. The van der Waals surface area contributed by atoms with E-state index < -0.39 is 0 Å². The van der Waals surface area contributed by atoms with E-state index in [0.717, 1.165) is 45.7 Å². The lowest BCUT2D eigenvalue weighted by molar-refractivity contribution is 0.173. The molecule has 0 fully saturated rings. The van der Waals surface area contributed by atoms with Gasteiger partial charge in [0.2, 0.25) is 13.6 Å². The molecule has 0 aromatic heterocycles. The second kappa shape index (κ2) is 9.99. The molecule has 0 radical (unpaired) electrons. The molecular weight excluding hydrogens is 595 g/mol. The molecule has 0 spiro atoms. The molecule has 9 rings (SSSR count). The minimum absolute atomic E-state index is 0.0183. The molecule has 6 nitrogen and oxygen atoms in total. The Balaban J connectivity index is 1.36. The summed E-state index contributed by atoms with van der Waals surface area (Å²) in [6.45, 7) is 16.3. The Kier molecular flexibility index (Phi) is 6.06. The van der Waals surface area contributed by atoms with Gasteiger partial charge in [0.05, 0.1) is 5.69 Å². The van der Waals surface area contributed by atoms with Crippen molar-refractivity contribution in [1.29, 1.82) is 0 Å². The van der Waals surface area contributed by atoms with Crippen LogP contribution in [0.2, 0.25) is 0 Å². The first-order valence-electron chi connectivity index (χ1n) is 16.8. The molecule has 4 aliphatic heterocycles. The third-order valence-electron chi connectivity index (χ3n) is 10.2. The van der Waals surface area contributed by atoms with Gasteiger partial charge < -0.3 is 28.7 Å². The van der Waals surface area contributed by atoms with Gasteiger partial charge in [-0.25, -0.2) is 0 Å². The molecule has 0 amide bonds. The van der Waals surface area contributed by atoms with E-state index in [4.69, 9.17) is 18.9 Å². The summed E-state index contributed by atoms with van der Waals surface area (Å²) in [5.41, 5.74) is 14.3. The van der Waals surface area contributed by atoms with Crippen molar-refractivity contribution in [3.05, 3.63) is 102 Å². The van der Waals surface area contributed by atoms with Crippen molar-refractivity contribution < 1.29 is 18.9 Å². The van der Waals surface area contributed by atoms with E-state index in [1.807, 2.05) is 6.07 Å². The Bertz CT molecular complexity index is 2140. The number of nitrogens with zero attached hydrogens (tertiary/aromatic N) is 2. The van der Waals surface area contributed by atoms with Crippen LogP contribution in [0.5, 0.6) is 23.0 Å². The van der Waals surface area contributed by atoms with Crippen LogP contribution in [0.4, 0.5) is 34.1 Å². The Labute approximate surface area is 282 Å². The van der Waals surface area contributed by atoms with Crippen molar-refractivity contribution in [2.75, 3.05) is 23.4 Å². The first kappa shape index (κ1) is 29.1. The van der Waals surface area contributed by atoms with Crippen LogP contribution in [0.15, 0.2) is 84.9 Å². The SMILES string of the molecule is Cc1cc2c3c(c1)N(c1ccc4c(c1)OCO4)c1cc4c(cc1B3c1cc(C(C)(C)C)ccc1N2c1ccc(C(C)(C)C)cc1)OCO4. The first-order valence-corrected chi connectivity index (χ1v) is 16.8. The van der Waals surface area contributed by atoms with Gasteiger partial charge in [-0.3, -0.25) is 0 Å². The van der Waals surface area contributed by atoms with E-state index in [1.54, 1.807) is 0 Å². The second-order valence-corrected chi connectivity index (χ2v) is 15.4. The number of aryl methyl sites for hydroxylation is 1. The predicted octanol–water partition coefficient (Wildman–Crippen LogP) is 8.13. The fraction of sp³-hybridized carbons (Fsp3) is 0.268. The molecule has 0 bridgehead atoms. The number of hydrogen-bond donors (Lipinski definition) is 0. The smallest absolute Gasteiger partial charge is 0.252 e. The van der Waals surface area contributed by atoms with E-state index in [1.165, 1.54) is 44.5 Å². The number of fused-ring (bicyclic) bond motifs is 6. The molecule has 240 valence electrons. The quantitative estimate of drug-likeness (QED) is 0.179. The van der Waals surface area contributed by atoms with E-state index >= 15 is 0 Å². The molecular formula is C41H39BN2O4. The summed E-state index contributed by atoms with van der Waals surface area (Å²) in [7, 11) is 0. The monoisotopic (exact) mass is 634 g/mol. The lowest BCUT2D eigenvalue weighted by atomic mass is 9.33. The minimum Gasteiger partial charge on any atom is -0.454 e. The van der Waals surface area contributed by atoms with E-state index in [-0.39, 0.29) is 31.1 Å². The van der Waals surface area contributed by atoms with Crippen LogP contribution in [0, 0.1) is 6.92 Å². The molecule has 48 heavy (non-hydrogen) atoms. The fourth-order valence-electron chi connectivity index (χ4n) is 7.68. The van der Waals surface area contributed by atoms with Crippen molar-refractivity contribution in [3.8, 4) is 23.0 Å². The van der Waals surface area contributed by atoms with Crippen LogP contribution in [0.1, 0.15) is 58.2 Å². The average molecular weight is 635 g/mol. The standard InChI is InChI=1S/C41H39BN2O4/c1-24-16-33-39-34(17-24)44(28-13-15-35-36(19-28)46-22-45-35)32-21-38-37(47-23-48-38)20-30(32)42(39)29-18-26(41(5,6)7)10-14-31(29)43(33)27-11-8-25(9-12-27)40(2,3)4/h8-21H,22-23H2,1-7H3. The van der Waals surface area contributed by atoms with Crippen LogP contribution < -0.4 is 45.1 Å². The van der Waals surface area contributed by atoms with Crippen LogP contribution in [-0.4, -0.2) is 20.3 Å². The molecule has 0 saturated carbocycles. The fourth-order valence-corrected chi connectivity index (χ4v) is 7.68. The normalized spacial score (nSPS) is 15.4. The third-order valence-corrected chi connectivity index (χ3v) is 10.2. The maximum atomic E-state index is 6.02. The predicted molar refractivity (Wildman–Crippen MR) is 195 cm³/mol. The lowest BCUT2D eigenvalue weighted by Crippen LogP contribution is -2.61. The van der Waals surface area contributed by atoms with Gasteiger partial charge in [-0.15, -0.1) is 0 Å². The van der Waals surface area contributed by atoms with Crippen LogP contribution in [0.25, 0.3) is 0 Å². The first-order chi connectivity index (χ1) is 23.0. The van der Waals surface area contributed by atoms with Crippen LogP contribution in [0.3, 0.4) is 0 Å². The van der Waals surface area contributed by atoms with Crippen molar-refractivity contribution >= 4 is 57.2 Å². The number of hydrogen-bond acceptors (Lipinski definition) is 6. The summed E-state index contributed by atoms with van der Waals surface area (Å²) in [4.78, 5) is 4.83. The molecule has 5 aromatic rings. The Morgan fingerprint density at radius 2 is 1.04 bits per heavy atom. The van der Waals surface area contributed by atoms with Crippen LogP contribution >= 0.6 is 0 Å². The molecule has 4 heterocycles. The van der Waals surface area contributed by atoms with Crippen molar-refractivity contribution in [2.45, 2.75) is 59.3 Å². The summed E-state index contributed by atoms with van der Waals surface area (Å²) >= 11 is 0. The summed E-state index contributed by atoms with van der Waals surface area (Å²) < 4.78 is 23.6. The van der Waals surface area contributed by atoms with E-state index in [9.17, 15) is 0 Å². The number of anilines is 6. The van der Waals surface area contributed by atoms with Gasteiger partial charge in [-0.05, 0) is 99.4 Å². The zero-order chi connectivity index (χ0) is 33.1. The van der Waals surface area contributed by atoms with Gasteiger partial charge in [0.25, 0.3) is 6.71 Å². The minimum atomic E-state index is -0.0206. The Morgan fingerprint density at radius 3 is 1.71 bits per heavy atom. The van der Waals surface area contributed by atoms with Gasteiger partial charge in [-0.1, -0.05) is 65.8 Å². The topological polar surface area (TPSA) is 43.4 Å². The van der Waals surface area contributed by atoms with Gasteiger partial charge in [0, 0.05) is 40.6 Å². The zero-order valence-corrected chi connectivity index (χ0v) is 28.6. The highest BCUT2D eigenvalue weighted by Gasteiger charge is 2.45. The van der Waals surface area contributed by atoms with Crippen molar-refractivity contribution in [1.82, 2.24) is 0 Å². The molecule has 7 heteroatoms. The third kappa shape index (κ3) is 4.33. The van der Waals surface area contributed by atoms with Gasteiger partial charge in [0.1, 0.15) is 0 Å². The highest BCUT2D eigenvalue weighted by molar-refractivity contribution is 7.00.